The third-order valence-electron chi connectivity index (χ3n) is 5.58. The zero-order valence-electron chi connectivity index (χ0n) is 16.4. The van der Waals surface area contributed by atoms with E-state index in [1.807, 2.05) is 55.6 Å². The SMILES string of the molecule is CN(C(=O)Nc1ccccc1)C1CCCC(Nc2n[nH]c(=O)c3ccccc23)C1. The Morgan fingerprint density at radius 3 is 2.59 bits per heavy atom. The number of carbonyl (C=O) groups is 1. The largest absolute Gasteiger partial charge is 0.365 e. The highest BCUT2D eigenvalue weighted by atomic mass is 16.2. The lowest BCUT2D eigenvalue weighted by Gasteiger charge is -2.36. The van der Waals surface area contributed by atoms with Gasteiger partial charge < -0.3 is 15.5 Å². The molecule has 0 bridgehead atoms. The molecule has 4 rings (SSSR count). The summed E-state index contributed by atoms with van der Waals surface area (Å²) in [5.41, 5.74) is 0.601. The number of fused-ring (bicyclic) bond motifs is 1. The van der Waals surface area contributed by atoms with Crippen LogP contribution in [0.1, 0.15) is 25.7 Å². The van der Waals surface area contributed by atoms with Gasteiger partial charge in [-0.2, -0.15) is 5.10 Å². The van der Waals surface area contributed by atoms with Crippen LogP contribution in [0.25, 0.3) is 10.8 Å². The molecule has 1 saturated carbocycles. The molecule has 1 fully saturated rings. The predicted octanol–water partition coefficient (Wildman–Crippen LogP) is 3.81. The van der Waals surface area contributed by atoms with Crippen molar-refractivity contribution in [3.05, 3.63) is 65.0 Å². The van der Waals surface area contributed by atoms with Crippen molar-refractivity contribution in [2.45, 2.75) is 37.8 Å². The van der Waals surface area contributed by atoms with Crippen molar-refractivity contribution in [2.24, 2.45) is 0 Å². The highest BCUT2D eigenvalue weighted by Crippen LogP contribution is 2.27. The van der Waals surface area contributed by atoms with Crippen molar-refractivity contribution in [1.82, 2.24) is 15.1 Å². The first kappa shape index (κ1) is 19.0. The molecule has 2 amide bonds. The van der Waals surface area contributed by atoms with Crippen LogP contribution in [0.2, 0.25) is 0 Å². The molecule has 2 atom stereocenters. The number of nitrogens with zero attached hydrogens (tertiary/aromatic N) is 2. The number of benzene rings is 2. The lowest BCUT2D eigenvalue weighted by molar-refractivity contribution is 0.183. The molecule has 3 aromatic rings. The van der Waals surface area contributed by atoms with E-state index in [0.29, 0.717) is 11.2 Å². The zero-order chi connectivity index (χ0) is 20.2. The third-order valence-corrected chi connectivity index (χ3v) is 5.58. The Morgan fingerprint density at radius 2 is 1.79 bits per heavy atom. The Bertz CT molecular complexity index is 1050. The molecule has 7 heteroatoms. The minimum absolute atomic E-state index is 0.102. The second-order valence-electron chi connectivity index (χ2n) is 7.52. The summed E-state index contributed by atoms with van der Waals surface area (Å²) in [7, 11) is 1.85. The Labute approximate surface area is 169 Å². The number of rotatable bonds is 4. The van der Waals surface area contributed by atoms with Crippen LogP contribution < -0.4 is 16.2 Å². The number of hydrogen-bond acceptors (Lipinski definition) is 4. The fraction of sp³-hybridized carbons (Fsp3) is 0.318. The van der Waals surface area contributed by atoms with Crippen LogP contribution in [0.4, 0.5) is 16.3 Å². The van der Waals surface area contributed by atoms with Crippen LogP contribution >= 0.6 is 0 Å². The van der Waals surface area contributed by atoms with Gasteiger partial charge in [-0.15, -0.1) is 0 Å². The lowest BCUT2D eigenvalue weighted by atomic mass is 9.90. The average Bonchev–Trinajstić information content (AvgIpc) is 2.76. The molecule has 1 aliphatic carbocycles. The smallest absolute Gasteiger partial charge is 0.321 e. The first-order valence-electron chi connectivity index (χ1n) is 9.94. The second kappa shape index (κ2) is 8.34. The van der Waals surface area contributed by atoms with Gasteiger partial charge in [0.2, 0.25) is 0 Å². The van der Waals surface area contributed by atoms with Crippen LogP contribution in [0.5, 0.6) is 0 Å². The fourth-order valence-electron chi connectivity index (χ4n) is 3.96. The Hall–Kier alpha value is -3.35. The number of hydrogen-bond donors (Lipinski definition) is 3. The van der Waals surface area contributed by atoms with E-state index in [-0.39, 0.29) is 23.7 Å². The zero-order valence-corrected chi connectivity index (χ0v) is 16.4. The maximum Gasteiger partial charge on any atom is 0.321 e. The summed E-state index contributed by atoms with van der Waals surface area (Å²) < 4.78 is 0. The Kier molecular flexibility index (Phi) is 5.46. The van der Waals surface area contributed by atoms with Crippen molar-refractivity contribution in [3.8, 4) is 0 Å². The highest BCUT2D eigenvalue weighted by molar-refractivity contribution is 5.91. The summed E-state index contributed by atoms with van der Waals surface area (Å²) in [6.07, 6.45) is 3.82. The molecule has 1 aromatic heterocycles. The number of aromatic amines is 1. The molecule has 0 spiro atoms. The number of urea groups is 1. The topological polar surface area (TPSA) is 90.1 Å². The van der Waals surface area contributed by atoms with Gasteiger partial charge in [-0.1, -0.05) is 36.4 Å². The van der Waals surface area contributed by atoms with Gasteiger partial charge in [0.1, 0.15) is 0 Å². The Morgan fingerprint density at radius 1 is 1.07 bits per heavy atom. The van der Waals surface area contributed by atoms with Gasteiger partial charge in [-0.3, -0.25) is 4.79 Å². The number of amides is 2. The van der Waals surface area contributed by atoms with E-state index in [1.165, 1.54) is 0 Å². The highest BCUT2D eigenvalue weighted by Gasteiger charge is 2.28. The quantitative estimate of drug-likeness (QED) is 0.631. The molecule has 1 heterocycles. The second-order valence-corrected chi connectivity index (χ2v) is 7.52. The third kappa shape index (κ3) is 4.23. The molecule has 0 radical (unpaired) electrons. The summed E-state index contributed by atoms with van der Waals surface area (Å²) >= 11 is 0. The number of para-hydroxylation sites is 1. The maximum atomic E-state index is 12.6. The molecule has 2 aromatic carbocycles. The monoisotopic (exact) mass is 391 g/mol. The van der Waals surface area contributed by atoms with E-state index >= 15 is 0 Å². The van der Waals surface area contributed by atoms with E-state index in [1.54, 1.807) is 11.0 Å². The molecule has 0 saturated heterocycles. The van der Waals surface area contributed by atoms with E-state index in [9.17, 15) is 9.59 Å². The van der Waals surface area contributed by atoms with Crippen molar-refractivity contribution < 1.29 is 4.79 Å². The minimum Gasteiger partial charge on any atom is -0.365 e. The summed E-state index contributed by atoms with van der Waals surface area (Å²) in [5, 5.41) is 14.7. The molecule has 7 nitrogen and oxygen atoms in total. The average molecular weight is 391 g/mol. The fourth-order valence-corrected chi connectivity index (χ4v) is 3.96. The number of aromatic nitrogens is 2. The normalized spacial score (nSPS) is 18.9. The van der Waals surface area contributed by atoms with Crippen LogP contribution in [0.3, 0.4) is 0 Å². The lowest BCUT2D eigenvalue weighted by Crippen LogP contribution is -2.44. The van der Waals surface area contributed by atoms with E-state index in [4.69, 9.17) is 0 Å². The van der Waals surface area contributed by atoms with Gasteiger partial charge in [-0.05, 0) is 43.9 Å². The minimum atomic E-state index is -0.190. The summed E-state index contributed by atoms with van der Waals surface area (Å²) in [6.45, 7) is 0. The Balaban J connectivity index is 1.44. The van der Waals surface area contributed by atoms with Gasteiger partial charge >= 0.3 is 6.03 Å². The summed E-state index contributed by atoms with van der Waals surface area (Å²) in [5.74, 6) is 0.683. The van der Waals surface area contributed by atoms with Crippen LogP contribution in [0.15, 0.2) is 59.4 Å². The molecular formula is C22H25N5O2. The van der Waals surface area contributed by atoms with Crippen LogP contribution in [-0.2, 0) is 0 Å². The number of anilines is 2. The molecule has 29 heavy (non-hydrogen) atoms. The van der Waals surface area contributed by atoms with Crippen molar-refractivity contribution in [1.29, 1.82) is 0 Å². The van der Waals surface area contributed by atoms with Crippen molar-refractivity contribution >= 4 is 28.3 Å². The molecule has 1 aliphatic rings. The number of carbonyl (C=O) groups excluding carboxylic acids is 1. The van der Waals surface area contributed by atoms with E-state index in [0.717, 1.165) is 36.8 Å². The first-order chi connectivity index (χ1) is 14.1. The van der Waals surface area contributed by atoms with Gasteiger partial charge in [0.05, 0.1) is 5.39 Å². The van der Waals surface area contributed by atoms with Gasteiger partial charge in [0, 0.05) is 30.2 Å². The molecule has 2 unspecified atom stereocenters. The molecular weight excluding hydrogens is 366 g/mol. The first-order valence-corrected chi connectivity index (χ1v) is 9.94. The standard InChI is InChI=1S/C22H25N5O2/c1-27(22(29)24-15-8-3-2-4-9-15)17-11-7-10-16(14-17)23-20-18-12-5-6-13-19(18)21(28)26-25-20/h2-6,8-9,12-13,16-17H,7,10-11,14H2,1H3,(H,23,25)(H,24,29)(H,26,28). The molecule has 0 aliphatic heterocycles. The van der Waals surface area contributed by atoms with Gasteiger partial charge in [-0.25, -0.2) is 9.89 Å². The van der Waals surface area contributed by atoms with Crippen LogP contribution in [0, 0.1) is 0 Å². The number of H-pyrrole nitrogens is 1. The van der Waals surface area contributed by atoms with Crippen LogP contribution in [-0.4, -0.2) is 40.3 Å². The molecule has 3 N–H and O–H groups in total. The summed E-state index contributed by atoms with van der Waals surface area (Å²) in [6, 6.07) is 17.1. The van der Waals surface area contributed by atoms with E-state index < -0.39 is 0 Å². The van der Waals surface area contributed by atoms with Crippen molar-refractivity contribution in [2.75, 3.05) is 17.7 Å². The number of nitrogens with one attached hydrogen (secondary N) is 3. The predicted molar refractivity (Wildman–Crippen MR) is 115 cm³/mol. The molecule has 150 valence electrons. The van der Waals surface area contributed by atoms with E-state index in [2.05, 4.69) is 20.8 Å². The summed E-state index contributed by atoms with van der Waals surface area (Å²) in [4.78, 5) is 26.4. The van der Waals surface area contributed by atoms with Gasteiger partial charge in [0.15, 0.2) is 5.82 Å². The van der Waals surface area contributed by atoms with Crippen molar-refractivity contribution in [3.63, 3.8) is 0 Å². The maximum absolute atomic E-state index is 12.6. The van der Waals surface area contributed by atoms with Gasteiger partial charge in [0.25, 0.3) is 5.56 Å².